The average Bonchev–Trinajstić information content (AvgIpc) is 3.06. The zero-order valence-corrected chi connectivity index (χ0v) is 16.4. The van der Waals surface area contributed by atoms with Gasteiger partial charge in [0.1, 0.15) is 11.4 Å². The molecule has 0 saturated heterocycles. The first-order chi connectivity index (χ1) is 12.3. The van der Waals surface area contributed by atoms with E-state index >= 15 is 0 Å². The van der Waals surface area contributed by atoms with E-state index in [0.717, 1.165) is 17.0 Å². The van der Waals surface area contributed by atoms with Gasteiger partial charge in [-0.05, 0) is 44.9 Å². The Labute approximate surface area is 158 Å². The Kier molecular flexibility index (Phi) is 7.14. The van der Waals surface area contributed by atoms with E-state index in [0.29, 0.717) is 18.0 Å². The molecule has 6 nitrogen and oxygen atoms in total. The van der Waals surface area contributed by atoms with E-state index in [1.54, 1.807) is 6.92 Å². The average molecular weight is 378 g/mol. The Balaban J connectivity index is 1.82. The highest BCUT2D eigenvalue weighted by molar-refractivity contribution is 7.09. The minimum atomic E-state index is -0.995. The summed E-state index contributed by atoms with van der Waals surface area (Å²) in [5, 5.41) is 16.8. The van der Waals surface area contributed by atoms with Crippen molar-refractivity contribution in [2.75, 3.05) is 20.3 Å². The lowest BCUT2D eigenvalue weighted by atomic mass is 10.0. The highest BCUT2D eigenvalue weighted by atomic mass is 32.1. The van der Waals surface area contributed by atoms with Crippen LogP contribution in [0.5, 0.6) is 5.75 Å². The summed E-state index contributed by atoms with van der Waals surface area (Å²) in [6, 6.07) is 7.78. The second kappa shape index (κ2) is 9.12. The molecule has 2 N–H and O–H groups in total. The molecule has 0 aliphatic rings. The fourth-order valence-corrected chi connectivity index (χ4v) is 3.16. The zero-order chi connectivity index (χ0) is 19.2. The van der Waals surface area contributed by atoms with Crippen LogP contribution in [0.3, 0.4) is 0 Å². The summed E-state index contributed by atoms with van der Waals surface area (Å²) < 4.78 is 9.87. The van der Waals surface area contributed by atoms with Gasteiger partial charge in [-0.15, -0.1) is 11.3 Å². The highest BCUT2D eigenvalue weighted by Crippen LogP contribution is 2.22. The van der Waals surface area contributed by atoms with Gasteiger partial charge in [0.15, 0.2) is 6.61 Å². The Hall–Kier alpha value is -1.96. The molecule has 0 fully saturated rings. The second-order valence-electron chi connectivity index (χ2n) is 6.52. The number of esters is 1. The van der Waals surface area contributed by atoms with E-state index in [2.05, 4.69) is 22.0 Å². The monoisotopic (exact) mass is 378 g/mol. The van der Waals surface area contributed by atoms with Gasteiger partial charge in [0.25, 0.3) is 0 Å². The minimum absolute atomic E-state index is 0.0982. The van der Waals surface area contributed by atoms with Crippen LogP contribution >= 0.6 is 11.3 Å². The maximum atomic E-state index is 11.1. The molecule has 142 valence electrons. The van der Waals surface area contributed by atoms with Crippen LogP contribution in [0, 0.1) is 6.92 Å². The van der Waals surface area contributed by atoms with E-state index < -0.39 is 11.6 Å². The molecule has 2 aromatic rings. The van der Waals surface area contributed by atoms with Crippen molar-refractivity contribution in [3.8, 4) is 5.75 Å². The maximum absolute atomic E-state index is 11.1. The molecule has 2 atom stereocenters. The summed E-state index contributed by atoms with van der Waals surface area (Å²) in [6.07, 6.45) is 0.809. The Bertz CT molecular complexity index is 713. The summed E-state index contributed by atoms with van der Waals surface area (Å²) in [7, 11) is 1.33. The quantitative estimate of drug-likeness (QED) is 0.653. The van der Waals surface area contributed by atoms with Gasteiger partial charge >= 0.3 is 5.97 Å². The van der Waals surface area contributed by atoms with Gasteiger partial charge < -0.3 is 19.9 Å². The van der Waals surface area contributed by atoms with Crippen LogP contribution in [0.4, 0.5) is 0 Å². The fourth-order valence-electron chi connectivity index (χ4n) is 2.42. The van der Waals surface area contributed by atoms with E-state index in [-0.39, 0.29) is 12.6 Å². The lowest BCUT2D eigenvalue weighted by Crippen LogP contribution is -2.40. The number of aliphatic hydroxyl groups is 1. The van der Waals surface area contributed by atoms with Crippen LogP contribution in [0.15, 0.2) is 29.6 Å². The van der Waals surface area contributed by atoms with E-state index in [1.165, 1.54) is 18.4 Å². The Morgan fingerprint density at radius 1 is 1.38 bits per heavy atom. The van der Waals surface area contributed by atoms with Gasteiger partial charge in [-0.1, -0.05) is 12.1 Å². The number of carbonyl (C=O) groups is 1. The minimum Gasteiger partial charge on any atom is -0.482 e. The van der Waals surface area contributed by atoms with Crippen LogP contribution < -0.4 is 10.1 Å². The fraction of sp³-hybridized carbons (Fsp3) is 0.474. The number of aromatic nitrogens is 1. The SMILES string of the molecule is COC(=O)COc1ccc(CC(C)NCC(C)(O)c2csc(C)n2)cc1. The molecule has 0 aliphatic heterocycles. The van der Waals surface area contributed by atoms with Gasteiger partial charge in [-0.25, -0.2) is 9.78 Å². The van der Waals surface area contributed by atoms with Gasteiger partial charge in [-0.3, -0.25) is 0 Å². The third-order valence-electron chi connectivity index (χ3n) is 4.02. The van der Waals surface area contributed by atoms with Crippen molar-refractivity contribution >= 4 is 17.3 Å². The number of aryl methyl sites for hydroxylation is 1. The van der Waals surface area contributed by atoms with Crippen molar-refractivity contribution in [3.05, 3.63) is 45.9 Å². The van der Waals surface area contributed by atoms with Crippen LogP contribution in [0.1, 0.15) is 30.1 Å². The predicted molar refractivity (Wildman–Crippen MR) is 102 cm³/mol. The third kappa shape index (κ3) is 6.09. The lowest BCUT2D eigenvalue weighted by Gasteiger charge is -2.24. The van der Waals surface area contributed by atoms with Gasteiger partial charge in [0, 0.05) is 18.0 Å². The number of nitrogens with zero attached hydrogens (tertiary/aromatic N) is 1. The summed E-state index contributed by atoms with van der Waals surface area (Å²) in [5.41, 5.74) is 0.844. The van der Waals surface area contributed by atoms with Crippen molar-refractivity contribution in [3.63, 3.8) is 0 Å². The number of hydrogen-bond acceptors (Lipinski definition) is 7. The molecule has 7 heteroatoms. The molecule has 2 unspecified atom stereocenters. The molecule has 0 bridgehead atoms. The molecule has 0 amide bonds. The van der Waals surface area contributed by atoms with Crippen molar-refractivity contribution < 1.29 is 19.4 Å². The number of methoxy groups -OCH3 is 1. The van der Waals surface area contributed by atoms with Crippen LogP contribution in [-0.4, -0.2) is 42.4 Å². The van der Waals surface area contributed by atoms with Crippen molar-refractivity contribution in [1.82, 2.24) is 10.3 Å². The zero-order valence-electron chi connectivity index (χ0n) is 15.6. The van der Waals surface area contributed by atoms with Gasteiger partial charge in [-0.2, -0.15) is 0 Å². The van der Waals surface area contributed by atoms with Gasteiger partial charge in [0.2, 0.25) is 0 Å². The summed E-state index contributed by atoms with van der Waals surface area (Å²) in [6.45, 7) is 6.11. The number of thiazole rings is 1. The summed E-state index contributed by atoms with van der Waals surface area (Å²) >= 11 is 1.54. The lowest BCUT2D eigenvalue weighted by molar-refractivity contribution is -0.142. The van der Waals surface area contributed by atoms with Crippen molar-refractivity contribution in [1.29, 1.82) is 0 Å². The normalized spacial score (nSPS) is 14.5. The van der Waals surface area contributed by atoms with E-state index in [1.807, 2.05) is 36.6 Å². The molecular weight excluding hydrogens is 352 g/mol. The molecule has 26 heavy (non-hydrogen) atoms. The molecule has 1 heterocycles. The molecule has 1 aromatic heterocycles. The smallest absolute Gasteiger partial charge is 0.343 e. The second-order valence-corrected chi connectivity index (χ2v) is 7.58. The summed E-state index contributed by atoms with van der Waals surface area (Å²) in [5.74, 6) is 0.218. The number of rotatable bonds is 9. The number of ether oxygens (including phenoxy) is 2. The first-order valence-corrected chi connectivity index (χ1v) is 9.35. The van der Waals surface area contributed by atoms with E-state index in [4.69, 9.17) is 4.74 Å². The molecule has 1 aromatic carbocycles. The van der Waals surface area contributed by atoms with Crippen molar-refractivity contribution in [2.45, 2.75) is 38.8 Å². The Morgan fingerprint density at radius 2 is 2.08 bits per heavy atom. The number of carbonyl (C=O) groups excluding carboxylic acids is 1. The predicted octanol–water partition coefficient (Wildman–Crippen LogP) is 2.43. The van der Waals surface area contributed by atoms with Crippen LogP contribution in [0.2, 0.25) is 0 Å². The number of benzene rings is 1. The number of nitrogens with one attached hydrogen (secondary N) is 1. The molecule has 0 spiro atoms. The van der Waals surface area contributed by atoms with Crippen LogP contribution in [-0.2, 0) is 21.6 Å². The maximum Gasteiger partial charge on any atom is 0.343 e. The van der Waals surface area contributed by atoms with Crippen molar-refractivity contribution in [2.24, 2.45) is 0 Å². The first kappa shape index (κ1) is 20.4. The Morgan fingerprint density at radius 3 is 2.65 bits per heavy atom. The number of hydrogen-bond donors (Lipinski definition) is 2. The largest absolute Gasteiger partial charge is 0.482 e. The molecule has 0 aliphatic carbocycles. The molecule has 2 rings (SSSR count). The van der Waals surface area contributed by atoms with Gasteiger partial charge in [0.05, 0.1) is 17.8 Å². The van der Waals surface area contributed by atoms with E-state index in [9.17, 15) is 9.90 Å². The van der Waals surface area contributed by atoms with Crippen LogP contribution in [0.25, 0.3) is 0 Å². The summed E-state index contributed by atoms with van der Waals surface area (Å²) in [4.78, 5) is 15.4. The highest BCUT2D eigenvalue weighted by Gasteiger charge is 2.26. The molecular formula is C19H26N2O4S. The topological polar surface area (TPSA) is 80.7 Å². The molecule has 0 radical (unpaired) electrons. The standard InChI is InChI=1S/C19H26N2O4S/c1-13(20-12-19(3,23)17-11-26-14(2)21-17)9-15-5-7-16(8-6-15)25-10-18(22)24-4/h5-8,11,13,20,23H,9-10,12H2,1-4H3. The third-order valence-corrected chi connectivity index (χ3v) is 4.79. The molecule has 0 saturated carbocycles. The first-order valence-electron chi connectivity index (χ1n) is 8.47.